The van der Waals surface area contributed by atoms with Crippen LogP contribution in [0.25, 0.3) is 0 Å². The van der Waals surface area contributed by atoms with Crippen molar-refractivity contribution in [1.82, 2.24) is 15.1 Å². The van der Waals surface area contributed by atoms with Crippen LogP contribution in [-0.2, 0) is 6.54 Å². The zero-order valence-corrected chi connectivity index (χ0v) is 13.5. The quantitative estimate of drug-likeness (QED) is 0.801. The monoisotopic (exact) mass is 293 g/mol. The number of likely N-dealkylation sites (N-methyl/N-ethyl adjacent to an activating group) is 1. The lowest BCUT2D eigenvalue weighted by Gasteiger charge is -2.33. The molecule has 0 fully saturated rings. The average Bonchev–Trinajstić information content (AvgIpc) is 2.45. The second-order valence-corrected chi connectivity index (χ2v) is 6.00. The molecule has 0 saturated carbocycles. The van der Waals surface area contributed by atoms with Crippen molar-refractivity contribution in [3.05, 3.63) is 35.9 Å². The molecule has 118 valence electrons. The van der Waals surface area contributed by atoms with Gasteiger partial charge in [0.1, 0.15) is 0 Å². The molecule has 0 unspecified atom stereocenters. The molecule has 1 aromatic rings. The Morgan fingerprint density at radius 3 is 2.38 bits per heavy atom. The van der Waals surface area contributed by atoms with Gasteiger partial charge in [-0.1, -0.05) is 30.3 Å². The molecule has 21 heavy (non-hydrogen) atoms. The van der Waals surface area contributed by atoms with Crippen molar-refractivity contribution in [3.8, 4) is 0 Å². The Morgan fingerprint density at radius 1 is 1.24 bits per heavy atom. The number of nitrogens with one attached hydrogen (secondary N) is 1. The Kier molecular flexibility index (Phi) is 6.65. The molecule has 2 amide bonds. The third-order valence-electron chi connectivity index (χ3n) is 3.76. The van der Waals surface area contributed by atoms with Gasteiger partial charge in [-0.25, -0.2) is 4.79 Å². The molecule has 0 heterocycles. The third-order valence-corrected chi connectivity index (χ3v) is 3.76. The van der Waals surface area contributed by atoms with Gasteiger partial charge in [0.25, 0.3) is 0 Å². The van der Waals surface area contributed by atoms with Gasteiger partial charge in [0.2, 0.25) is 0 Å². The normalized spacial score (nSPS) is 11.5. The van der Waals surface area contributed by atoms with Gasteiger partial charge in [-0.3, -0.25) is 0 Å². The SMILES string of the molecule is CN(C)C(C)(C)CNC(=O)N(CCO)Cc1ccccc1. The standard InChI is InChI=1S/C16H27N3O2/c1-16(2,18(3)4)13-17-15(21)19(10-11-20)12-14-8-6-5-7-9-14/h5-9,20H,10-13H2,1-4H3,(H,17,21). The average molecular weight is 293 g/mol. The fourth-order valence-corrected chi connectivity index (χ4v) is 1.74. The van der Waals surface area contributed by atoms with E-state index < -0.39 is 0 Å². The van der Waals surface area contributed by atoms with Crippen LogP contribution >= 0.6 is 0 Å². The topological polar surface area (TPSA) is 55.8 Å². The molecule has 1 rings (SSSR count). The fourth-order valence-electron chi connectivity index (χ4n) is 1.74. The molecule has 0 bridgehead atoms. The molecule has 0 aliphatic heterocycles. The number of aliphatic hydroxyl groups excluding tert-OH is 1. The highest BCUT2D eigenvalue weighted by Gasteiger charge is 2.22. The van der Waals surface area contributed by atoms with E-state index in [0.717, 1.165) is 5.56 Å². The third kappa shape index (κ3) is 5.73. The maximum atomic E-state index is 12.3. The van der Waals surface area contributed by atoms with Crippen LogP contribution in [0.3, 0.4) is 0 Å². The number of urea groups is 1. The van der Waals surface area contributed by atoms with E-state index in [4.69, 9.17) is 5.11 Å². The number of amides is 2. The highest BCUT2D eigenvalue weighted by molar-refractivity contribution is 5.74. The Bertz CT molecular complexity index is 432. The van der Waals surface area contributed by atoms with E-state index in [9.17, 15) is 4.79 Å². The molecular formula is C16H27N3O2. The molecule has 0 radical (unpaired) electrons. The Morgan fingerprint density at radius 2 is 1.86 bits per heavy atom. The molecule has 2 N–H and O–H groups in total. The van der Waals surface area contributed by atoms with Gasteiger partial charge in [-0.15, -0.1) is 0 Å². The first kappa shape index (κ1) is 17.5. The van der Waals surface area contributed by atoms with Crippen molar-refractivity contribution < 1.29 is 9.90 Å². The van der Waals surface area contributed by atoms with Crippen LogP contribution in [0.1, 0.15) is 19.4 Å². The van der Waals surface area contributed by atoms with Crippen LogP contribution in [0.15, 0.2) is 30.3 Å². The summed E-state index contributed by atoms with van der Waals surface area (Å²) < 4.78 is 0. The molecule has 0 spiro atoms. The Labute approximate surface area is 127 Å². The van der Waals surface area contributed by atoms with E-state index >= 15 is 0 Å². The number of aliphatic hydroxyl groups is 1. The number of hydrogen-bond acceptors (Lipinski definition) is 3. The number of nitrogens with zero attached hydrogens (tertiary/aromatic N) is 2. The fraction of sp³-hybridized carbons (Fsp3) is 0.562. The van der Waals surface area contributed by atoms with Crippen LogP contribution in [0.2, 0.25) is 0 Å². The van der Waals surface area contributed by atoms with Crippen LogP contribution in [0, 0.1) is 0 Å². The first-order valence-electron chi connectivity index (χ1n) is 7.22. The molecule has 0 aliphatic rings. The van der Waals surface area contributed by atoms with Crippen LogP contribution < -0.4 is 5.32 Å². The Balaban J connectivity index is 2.61. The second kappa shape index (κ2) is 8.00. The molecule has 1 aromatic carbocycles. The minimum atomic E-state index is -0.150. The highest BCUT2D eigenvalue weighted by Crippen LogP contribution is 2.09. The van der Waals surface area contributed by atoms with E-state index in [1.54, 1.807) is 4.90 Å². The maximum Gasteiger partial charge on any atom is 0.317 e. The summed E-state index contributed by atoms with van der Waals surface area (Å²) in [5, 5.41) is 12.1. The van der Waals surface area contributed by atoms with E-state index in [2.05, 4.69) is 24.1 Å². The number of hydrogen-bond donors (Lipinski definition) is 2. The summed E-state index contributed by atoms with van der Waals surface area (Å²) in [7, 11) is 3.98. The molecule has 0 atom stereocenters. The molecule has 5 nitrogen and oxygen atoms in total. The molecular weight excluding hydrogens is 266 g/mol. The van der Waals surface area contributed by atoms with Crippen molar-refractivity contribution >= 4 is 6.03 Å². The van der Waals surface area contributed by atoms with Gasteiger partial charge in [-0.05, 0) is 33.5 Å². The second-order valence-electron chi connectivity index (χ2n) is 6.00. The lowest BCUT2D eigenvalue weighted by molar-refractivity contribution is 0.157. The van der Waals surface area contributed by atoms with Crippen LogP contribution in [0.5, 0.6) is 0 Å². The van der Waals surface area contributed by atoms with E-state index in [1.165, 1.54) is 0 Å². The molecule has 5 heteroatoms. The van der Waals surface area contributed by atoms with E-state index in [0.29, 0.717) is 19.6 Å². The predicted octanol–water partition coefficient (Wildman–Crippen LogP) is 1.53. The van der Waals surface area contributed by atoms with E-state index in [-0.39, 0.29) is 18.2 Å². The maximum absolute atomic E-state index is 12.3. The lowest BCUT2D eigenvalue weighted by Crippen LogP contribution is -2.51. The lowest BCUT2D eigenvalue weighted by atomic mass is 10.0. The predicted molar refractivity (Wildman–Crippen MR) is 85.1 cm³/mol. The summed E-state index contributed by atoms with van der Waals surface area (Å²) in [5.41, 5.74) is 0.931. The van der Waals surface area contributed by atoms with Crippen molar-refractivity contribution in [2.45, 2.75) is 25.9 Å². The van der Waals surface area contributed by atoms with Gasteiger partial charge in [0.05, 0.1) is 6.61 Å². The number of benzene rings is 1. The molecule has 0 aliphatic carbocycles. The summed E-state index contributed by atoms with van der Waals surface area (Å²) in [4.78, 5) is 16.0. The summed E-state index contributed by atoms with van der Waals surface area (Å²) >= 11 is 0. The van der Waals surface area contributed by atoms with Crippen LogP contribution in [-0.4, -0.2) is 60.3 Å². The molecule has 0 saturated heterocycles. The van der Waals surface area contributed by atoms with Gasteiger partial charge in [-0.2, -0.15) is 0 Å². The number of carbonyl (C=O) groups is 1. The first-order chi connectivity index (χ1) is 9.86. The van der Waals surface area contributed by atoms with Crippen molar-refractivity contribution in [2.24, 2.45) is 0 Å². The van der Waals surface area contributed by atoms with E-state index in [1.807, 2.05) is 44.4 Å². The first-order valence-corrected chi connectivity index (χ1v) is 7.22. The Hall–Kier alpha value is -1.59. The van der Waals surface area contributed by atoms with Crippen LogP contribution in [0.4, 0.5) is 4.79 Å². The van der Waals surface area contributed by atoms with Gasteiger partial charge < -0.3 is 20.2 Å². The summed E-state index contributed by atoms with van der Waals surface area (Å²) in [5.74, 6) is 0. The largest absolute Gasteiger partial charge is 0.395 e. The minimum absolute atomic E-state index is 0.0443. The smallest absolute Gasteiger partial charge is 0.317 e. The van der Waals surface area contributed by atoms with Crippen molar-refractivity contribution in [2.75, 3.05) is 33.8 Å². The van der Waals surface area contributed by atoms with Crippen molar-refractivity contribution in [3.63, 3.8) is 0 Å². The van der Waals surface area contributed by atoms with Gasteiger partial charge in [0.15, 0.2) is 0 Å². The zero-order valence-electron chi connectivity index (χ0n) is 13.5. The summed E-state index contributed by atoms with van der Waals surface area (Å²) in [6.07, 6.45) is 0. The number of rotatable bonds is 7. The highest BCUT2D eigenvalue weighted by atomic mass is 16.3. The summed E-state index contributed by atoms with van der Waals surface area (Å²) in [6.45, 7) is 5.47. The zero-order chi connectivity index (χ0) is 15.9. The van der Waals surface area contributed by atoms with Crippen molar-refractivity contribution in [1.29, 1.82) is 0 Å². The summed E-state index contributed by atoms with van der Waals surface area (Å²) in [6, 6.07) is 9.63. The van der Waals surface area contributed by atoms with Gasteiger partial charge in [0, 0.05) is 25.2 Å². The van der Waals surface area contributed by atoms with Gasteiger partial charge >= 0.3 is 6.03 Å². The molecule has 0 aromatic heterocycles. The minimum Gasteiger partial charge on any atom is -0.395 e. The number of carbonyl (C=O) groups excluding carboxylic acids is 1.